The molecule has 1 atom stereocenters. The second-order valence-electron chi connectivity index (χ2n) is 4.13. The van der Waals surface area contributed by atoms with Crippen LogP contribution < -0.4 is 0 Å². The molecule has 2 heterocycles. The second-order valence-corrected chi connectivity index (χ2v) is 4.13. The summed E-state index contributed by atoms with van der Waals surface area (Å²) in [6.07, 6.45) is 4.23. The lowest BCUT2D eigenvalue weighted by Crippen LogP contribution is -2.41. The summed E-state index contributed by atoms with van der Waals surface area (Å²) in [7, 11) is 2.12. The minimum atomic E-state index is 0.110. The minimum absolute atomic E-state index is 0.110. The van der Waals surface area contributed by atoms with Crippen molar-refractivity contribution in [1.82, 2.24) is 9.47 Å². The van der Waals surface area contributed by atoms with E-state index in [4.69, 9.17) is 9.84 Å². The van der Waals surface area contributed by atoms with Crippen LogP contribution in [0.3, 0.4) is 0 Å². The molecule has 1 aliphatic rings. The van der Waals surface area contributed by atoms with Crippen molar-refractivity contribution in [3.05, 3.63) is 24.0 Å². The number of morpholine rings is 1. The molecule has 84 valence electrons. The fourth-order valence-corrected chi connectivity index (χ4v) is 1.91. The highest BCUT2D eigenvalue weighted by Crippen LogP contribution is 2.08. The van der Waals surface area contributed by atoms with E-state index >= 15 is 0 Å². The van der Waals surface area contributed by atoms with Gasteiger partial charge in [-0.15, -0.1) is 0 Å². The van der Waals surface area contributed by atoms with Gasteiger partial charge in [0.2, 0.25) is 0 Å². The fraction of sp³-hybridized carbons (Fsp3) is 0.636. The molecule has 0 aliphatic carbocycles. The van der Waals surface area contributed by atoms with Gasteiger partial charge in [0.1, 0.15) is 0 Å². The first-order valence-corrected chi connectivity index (χ1v) is 5.33. The van der Waals surface area contributed by atoms with Crippen LogP contribution in [0.15, 0.2) is 18.5 Å². The summed E-state index contributed by atoms with van der Waals surface area (Å²) in [5.41, 5.74) is 0.958. The molecule has 4 nitrogen and oxygen atoms in total. The molecule has 1 N–H and O–H groups in total. The first-order chi connectivity index (χ1) is 7.28. The van der Waals surface area contributed by atoms with Crippen LogP contribution in [0.2, 0.25) is 0 Å². The van der Waals surface area contributed by atoms with Gasteiger partial charge < -0.3 is 19.3 Å². The zero-order valence-electron chi connectivity index (χ0n) is 9.09. The highest BCUT2D eigenvalue weighted by atomic mass is 16.5. The van der Waals surface area contributed by atoms with Gasteiger partial charge in [0.15, 0.2) is 0 Å². The molecule has 1 fully saturated rings. The molecule has 1 saturated heterocycles. The van der Waals surface area contributed by atoms with Gasteiger partial charge in [-0.3, -0.25) is 0 Å². The van der Waals surface area contributed by atoms with E-state index in [9.17, 15) is 0 Å². The van der Waals surface area contributed by atoms with Crippen LogP contribution in [-0.2, 0) is 17.9 Å². The fourth-order valence-electron chi connectivity index (χ4n) is 1.91. The van der Waals surface area contributed by atoms with E-state index in [-0.39, 0.29) is 12.7 Å². The number of nitrogens with zero attached hydrogens (tertiary/aromatic N) is 2. The SMILES string of the molecule is CN1CCOC(Cn2ccc(CO)c2)C1. The minimum Gasteiger partial charge on any atom is -0.392 e. The maximum Gasteiger partial charge on any atom is 0.0880 e. The Morgan fingerprint density at radius 3 is 3.13 bits per heavy atom. The molecule has 1 aromatic heterocycles. The van der Waals surface area contributed by atoms with Crippen molar-refractivity contribution >= 4 is 0 Å². The Morgan fingerprint density at radius 2 is 2.47 bits per heavy atom. The number of rotatable bonds is 3. The van der Waals surface area contributed by atoms with Crippen molar-refractivity contribution in [2.45, 2.75) is 19.3 Å². The van der Waals surface area contributed by atoms with E-state index < -0.39 is 0 Å². The van der Waals surface area contributed by atoms with Crippen molar-refractivity contribution in [3.8, 4) is 0 Å². The Balaban J connectivity index is 1.90. The molecule has 0 saturated carbocycles. The average Bonchev–Trinajstić information content (AvgIpc) is 2.65. The van der Waals surface area contributed by atoms with Crippen LogP contribution >= 0.6 is 0 Å². The van der Waals surface area contributed by atoms with E-state index in [1.807, 2.05) is 18.5 Å². The van der Waals surface area contributed by atoms with Gasteiger partial charge in [-0.25, -0.2) is 0 Å². The Bertz CT molecular complexity index is 311. The summed E-state index contributed by atoms with van der Waals surface area (Å²) in [5.74, 6) is 0. The second kappa shape index (κ2) is 4.79. The molecule has 1 aromatic rings. The summed E-state index contributed by atoms with van der Waals surface area (Å²) in [6, 6.07) is 1.94. The van der Waals surface area contributed by atoms with Crippen LogP contribution in [-0.4, -0.2) is 47.4 Å². The van der Waals surface area contributed by atoms with Crippen LogP contribution in [0.5, 0.6) is 0 Å². The van der Waals surface area contributed by atoms with Gasteiger partial charge in [0.05, 0.1) is 19.3 Å². The Kier molecular flexibility index (Phi) is 3.41. The van der Waals surface area contributed by atoms with E-state index in [0.29, 0.717) is 0 Å². The van der Waals surface area contributed by atoms with Crippen molar-refractivity contribution < 1.29 is 9.84 Å². The van der Waals surface area contributed by atoms with Crippen LogP contribution in [0.4, 0.5) is 0 Å². The molecule has 0 spiro atoms. The van der Waals surface area contributed by atoms with Gasteiger partial charge in [0, 0.05) is 32.0 Å². The molecule has 0 amide bonds. The third-order valence-corrected chi connectivity index (χ3v) is 2.75. The van der Waals surface area contributed by atoms with E-state index in [1.165, 1.54) is 0 Å². The Labute approximate surface area is 90.1 Å². The molecule has 0 radical (unpaired) electrons. The van der Waals surface area contributed by atoms with Crippen molar-refractivity contribution in [2.75, 3.05) is 26.7 Å². The van der Waals surface area contributed by atoms with E-state index in [0.717, 1.165) is 31.8 Å². The van der Waals surface area contributed by atoms with Crippen molar-refractivity contribution in [3.63, 3.8) is 0 Å². The zero-order chi connectivity index (χ0) is 10.7. The molecular formula is C11H18N2O2. The maximum atomic E-state index is 8.95. The number of likely N-dealkylation sites (N-methyl/N-ethyl adjacent to an activating group) is 1. The molecule has 1 aliphatic heterocycles. The predicted molar refractivity (Wildman–Crippen MR) is 57.6 cm³/mol. The van der Waals surface area contributed by atoms with Gasteiger partial charge in [-0.2, -0.15) is 0 Å². The topological polar surface area (TPSA) is 37.6 Å². The normalized spacial score (nSPS) is 23.2. The first-order valence-electron chi connectivity index (χ1n) is 5.33. The molecular weight excluding hydrogens is 192 g/mol. The van der Waals surface area contributed by atoms with Gasteiger partial charge in [0.25, 0.3) is 0 Å². The number of hydrogen-bond donors (Lipinski definition) is 1. The number of ether oxygens (including phenoxy) is 1. The van der Waals surface area contributed by atoms with Crippen molar-refractivity contribution in [2.24, 2.45) is 0 Å². The first kappa shape index (κ1) is 10.7. The standard InChI is InChI=1S/C11H18N2O2/c1-12-4-5-15-11(7-12)8-13-3-2-10(6-13)9-14/h2-3,6,11,14H,4-5,7-9H2,1H3. The molecule has 0 aromatic carbocycles. The summed E-state index contributed by atoms with van der Waals surface area (Å²) in [5, 5.41) is 8.95. The summed E-state index contributed by atoms with van der Waals surface area (Å²) in [4.78, 5) is 2.28. The van der Waals surface area contributed by atoms with Gasteiger partial charge >= 0.3 is 0 Å². The Morgan fingerprint density at radius 1 is 1.60 bits per heavy atom. The molecule has 4 heteroatoms. The van der Waals surface area contributed by atoms with Gasteiger partial charge in [-0.1, -0.05) is 0 Å². The molecule has 2 rings (SSSR count). The van der Waals surface area contributed by atoms with Crippen LogP contribution in [0.25, 0.3) is 0 Å². The Hall–Kier alpha value is -0.840. The van der Waals surface area contributed by atoms with Crippen LogP contribution in [0, 0.1) is 0 Å². The summed E-state index contributed by atoms with van der Waals surface area (Å²) in [6.45, 7) is 3.79. The summed E-state index contributed by atoms with van der Waals surface area (Å²) >= 11 is 0. The van der Waals surface area contributed by atoms with Crippen LogP contribution in [0.1, 0.15) is 5.56 Å². The highest BCUT2D eigenvalue weighted by molar-refractivity contribution is 5.08. The largest absolute Gasteiger partial charge is 0.392 e. The smallest absolute Gasteiger partial charge is 0.0880 e. The highest BCUT2D eigenvalue weighted by Gasteiger charge is 2.17. The number of aromatic nitrogens is 1. The predicted octanol–water partition coefficient (Wildman–Crippen LogP) is 0.311. The number of aliphatic hydroxyl groups excluding tert-OH is 1. The lowest BCUT2D eigenvalue weighted by Gasteiger charge is -2.30. The third kappa shape index (κ3) is 2.81. The number of aliphatic hydroxyl groups is 1. The van der Waals surface area contributed by atoms with Gasteiger partial charge in [-0.05, 0) is 18.7 Å². The maximum absolute atomic E-state index is 8.95. The zero-order valence-corrected chi connectivity index (χ0v) is 9.09. The van der Waals surface area contributed by atoms with Crippen molar-refractivity contribution in [1.29, 1.82) is 0 Å². The molecule has 1 unspecified atom stereocenters. The summed E-state index contributed by atoms with van der Waals surface area (Å²) < 4.78 is 7.75. The monoisotopic (exact) mass is 210 g/mol. The molecule has 15 heavy (non-hydrogen) atoms. The van der Waals surface area contributed by atoms with E-state index in [2.05, 4.69) is 16.5 Å². The third-order valence-electron chi connectivity index (χ3n) is 2.75. The average molecular weight is 210 g/mol. The number of hydrogen-bond acceptors (Lipinski definition) is 3. The van der Waals surface area contributed by atoms with E-state index in [1.54, 1.807) is 0 Å². The lowest BCUT2D eigenvalue weighted by molar-refractivity contribution is -0.0274. The molecule has 0 bridgehead atoms. The lowest BCUT2D eigenvalue weighted by atomic mass is 10.3. The quantitative estimate of drug-likeness (QED) is 0.780.